The number of carbonyl (C=O) groups excluding carboxylic acids is 1. The SMILES string of the molecule is C[C@@H](Sc1nnc(C2CC2)n1Cc1ccccc1)C(=O)N[C@@H]1CCCc2ccccc21. The minimum Gasteiger partial charge on any atom is -0.348 e. The number of aryl methyl sites for hydroxylation is 1. The lowest BCUT2D eigenvalue weighted by molar-refractivity contribution is -0.121. The quantitative estimate of drug-likeness (QED) is 0.541. The second-order valence-electron chi connectivity index (χ2n) is 8.60. The van der Waals surface area contributed by atoms with Crippen LogP contribution in [0.4, 0.5) is 0 Å². The fourth-order valence-electron chi connectivity index (χ4n) is 4.35. The van der Waals surface area contributed by atoms with Gasteiger partial charge >= 0.3 is 0 Å². The molecule has 3 aromatic rings. The van der Waals surface area contributed by atoms with Gasteiger partial charge in [-0.05, 0) is 55.7 Å². The van der Waals surface area contributed by atoms with E-state index in [4.69, 9.17) is 0 Å². The zero-order valence-corrected chi connectivity index (χ0v) is 18.6. The number of amides is 1. The van der Waals surface area contributed by atoms with Crippen LogP contribution in [-0.2, 0) is 17.8 Å². The Hall–Kier alpha value is -2.60. The summed E-state index contributed by atoms with van der Waals surface area (Å²) >= 11 is 1.51. The second kappa shape index (κ2) is 8.87. The Kier molecular flexibility index (Phi) is 5.81. The first-order valence-corrected chi connectivity index (χ1v) is 12.1. The normalized spacial score (nSPS) is 18.9. The summed E-state index contributed by atoms with van der Waals surface area (Å²) in [5.74, 6) is 1.63. The van der Waals surface area contributed by atoms with E-state index >= 15 is 0 Å². The van der Waals surface area contributed by atoms with Crippen LogP contribution in [0.2, 0.25) is 0 Å². The molecule has 0 spiro atoms. The molecular weight excluding hydrogens is 404 g/mol. The molecule has 1 heterocycles. The van der Waals surface area contributed by atoms with Crippen LogP contribution < -0.4 is 5.32 Å². The summed E-state index contributed by atoms with van der Waals surface area (Å²) in [7, 11) is 0. The number of nitrogens with one attached hydrogen (secondary N) is 1. The zero-order valence-electron chi connectivity index (χ0n) is 17.8. The summed E-state index contributed by atoms with van der Waals surface area (Å²) in [6.45, 7) is 2.71. The molecule has 2 aliphatic carbocycles. The summed E-state index contributed by atoms with van der Waals surface area (Å²) in [5, 5.41) is 12.9. The van der Waals surface area contributed by atoms with Crippen LogP contribution in [0, 0.1) is 0 Å². The second-order valence-corrected chi connectivity index (χ2v) is 9.91. The molecule has 1 saturated carbocycles. The fraction of sp³-hybridized carbons (Fsp3) is 0.400. The molecule has 2 aromatic carbocycles. The van der Waals surface area contributed by atoms with Gasteiger partial charge in [0.15, 0.2) is 5.16 Å². The molecule has 31 heavy (non-hydrogen) atoms. The Morgan fingerprint density at radius 2 is 1.87 bits per heavy atom. The van der Waals surface area contributed by atoms with Crippen molar-refractivity contribution in [3.63, 3.8) is 0 Å². The summed E-state index contributed by atoms with van der Waals surface area (Å²) in [4.78, 5) is 13.1. The molecular formula is C25H28N4OS. The van der Waals surface area contributed by atoms with E-state index in [2.05, 4.69) is 68.6 Å². The molecule has 5 nitrogen and oxygen atoms in total. The van der Waals surface area contributed by atoms with Crippen molar-refractivity contribution in [3.8, 4) is 0 Å². The first kappa shape index (κ1) is 20.3. The standard InChI is InChI=1S/C25H28N4OS/c1-17(24(30)26-22-13-7-11-19-10-5-6-12-21(19)22)31-25-28-27-23(20-14-15-20)29(25)16-18-8-3-2-4-9-18/h2-6,8-10,12,17,20,22H,7,11,13-16H2,1H3,(H,26,30)/t17-,22-/m1/s1. The minimum absolute atomic E-state index is 0.0638. The molecule has 6 heteroatoms. The topological polar surface area (TPSA) is 59.8 Å². The molecule has 0 radical (unpaired) electrons. The van der Waals surface area contributed by atoms with Gasteiger partial charge in [0.1, 0.15) is 5.82 Å². The van der Waals surface area contributed by atoms with E-state index in [1.807, 2.05) is 13.0 Å². The van der Waals surface area contributed by atoms with Gasteiger partial charge in [0.25, 0.3) is 0 Å². The summed E-state index contributed by atoms with van der Waals surface area (Å²) in [6, 6.07) is 19.0. The zero-order chi connectivity index (χ0) is 21.2. The number of hydrogen-bond acceptors (Lipinski definition) is 4. The van der Waals surface area contributed by atoms with E-state index in [-0.39, 0.29) is 17.2 Å². The first-order valence-electron chi connectivity index (χ1n) is 11.2. The third-order valence-electron chi connectivity index (χ3n) is 6.21. The van der Waals surface area contributed by atoms with Crippen molar-refractivity contribution < 1.29 is 4.79 Å². The molecule has 1 fully saturated rings. The highest BCUT2D eigenvalue weighted by Crippen LogP contribution is 2.40. The van der Waals surface area contributed by atoms with E-state index in [0.717, 1.165) is 36.8 Å². The third-order valence-corrected chi connectivity index (χ3v) is 7.29. The van der Waals surface area contributed by atoms with E-state index in [1.165, 1.54) is 41.3 Å². The molecule has 0 unspecified atom stereocenters. The highest BCUT2D eigenvalue weighted by Gasteiger charge is 2.32. The Morgan fingerprint density at radius 3 is 2.68 bits per heavy atom. The van der Waals surface area contributed by atoms with Crippen molar-refractivity contribution in [1.29, 1.82) is 0 Å². The smallest absolute Gasteiger partial charge is 0.233 e. The molecule has 0 saturated heterocycles. The molecule has 5 rings (SSSR count). The van der Waals surface area contributed by atoms with Gasteiger partial charge < -0.3 is 9.88 Å². The van der Waals surface area contributed by atoms with Crippen LogP contribution in [0.3, 0.4) is 0 Å². The Labute approximate surface area is 187 Å². The lowest BCUT2D eigenvalue weighted by Gasteiger charge is -2.27. The molecule has 0 bridgehead atoms. The minimum atomic E-state index is -0.236. The molecule has 2 aliphatic rings. The van der Waals surface area contributed by atoms with Crippen LogP contribution in [0.15, 0.2) is 59.8 Å². The summed E-state index contributed by atoms with van der Waals surface area (Å²) in [6.07, 6.45) is 5.55. The molecule has 1 N–H and O–H groups in total. The predicted octanol–water partition coefficient (Wildman–Crippen LogP) is 4.88. The van der Waals surface area contributed by atoms with Crippen molar-refractivity contribution in [2.24, 2.45) is 0 Å². The number of fused-ring (bicyclic) bond motifs is 1. The molecule has 1 aromatic heterocycles. The first-order chi connectivity index (χ1) is 15.2. The van der Waals surface area contributed by atoms with Gasteiger partial charge in [0.05, 0.1) is 17.8 Å². The highest BCUT2D eigenvalue weighted by molar-refractivity contribution is 8.00. The number of hydrogen-bond donors (Lipinski definition) is 1. The van der Waals surface area contributed by atoms with Crippen LogP contribution in [-0.4, -0.2) is 25.9 Å². The number of aromatic nitrogens is 3. The van der Waals surface area contributed by atoms with Gasteiger partial charge in [-0.1, -0.05) is 66.4 Å². The number of benzene rings is 2. The van der Waals surface area contributed by atoms with E-state index in [0.29, 0.717) is 5.92 Å². The van der Waals surface area contributed by atoms with Crippen LogP contribution in [0.1, 0.15) is 67.1 Å². The molecule has 1 amide bonds. The Morgan fingerprint density at radius 1 is 1.10 bits per heavy atom. The van der Waals surface area contributed by atoms with Gasteiger partial charge in [0.2, 0.25) is 5.91 Å². The van der Waals surface area contributed by atoms with Crippen molar-refractivity contribution in [1.82, 2.24) is 20.1 Å². The van der Waals surface area contributed by atoms with E-state index in [9.17, 15) is 4.79 Å². The van der Waals surface area contributed by atoms with Crippen LogP contribution in [0.25, 0.3) is 0 Å². The fourth-order valence-corrected chi connectivity index (χ4v) is 5.21. The number of carbonyl (C=O) groups is 1. The maximum Gasteiger partial charge on any atom is 0.233 e. The van der Waals surface area contributed by atoms with Gasteiger partial charge in [-0.25, -0.2) is 0 Å². The number of thioether (sulfide) groups is 1. The van der Waals surface area contributed by atoms with Crippen LogP contribution in [0.5, 0.6) is 0 Å². The molecule has 0 aliphatic heterocycles. The molecule has 160 valence electrons. The maximum atomic E-state index is 13.1. The molecule has 2 atom stereocenters. The van der Waals surface area contributed by atoms with Gasteiger partial charge in [0, 0.05) is 5.92 Å². The lowest BCUT2D eigenvalue weighted by atomic mass is 9.88. The summed E-state index contributed by atoms with van der Waals surface area (Å²) in [5.41, 5.74) is 3.85. The highest BCUT2D eigenvalue weighted by atomic mass is 32.2. The van der Waals surface area contributed by atoms with Crippen molar-refractivity contribution >= 4 is 17.7 Å². The van der Waals surface area contributed by atoms with Gasteiger partial charge in [-0.15, -0.1) is 10.2 Å². The predicted molar refractivity (Wildman–Crippen MR) is 123 cm³/mol. The van der Waals surface area contributed by atoms with Crippen LogP contribution >= 0.6 is 11.8 Å². The van der Waals surface area contributed by atoms with E-state index < -0.39 is 0 Å². The lowest BCUT2D eigenvalue weighted by Crippen LogP contribution is -2.36. The average molecular weight is 433 g/mol. The number of rotatable bonds is 7. The monoisotopic (exact) mass is 432 g/mol. The summed E-state index contributed by atoms with van der Waals surface area (Å²) < 4.78 is 2.21. The number of nitrogens with zero attached hydrogens (tertiary/aromatic N) is 3. The maximum absolute atomic E-state index is 13.1. The Balaban J connectivity index is 1.30. The Bertz CT molecular complexity index is 1060. The van der Waals surface area contributed by atoms with E-state index in [1.54, 1.807) is 0 Å². The van der Waals surface area contributed by atoms with Crippen molar-refractivity contribution in [2.45, 2.75) is 67.9 Å². The van der Waals surface area contributed by atoms with Gasteiger partial charge in [-0.3, -0.25) is 4.79 Å². The average Bonchev–Trinajstić information content (AvgIpc) is 3.57. The van der Waals surface area contributed by atoms with Crippen molar-refractivity contribution in [3.05, 3.63) is 77.1 Å². The van der Waals surface area contributed by atoms with Crippen molar-refractivity contribution in [2.75, 3.05) is 0 Å². The third kappa shape index (κ3) is 4.54. The largest absolute Gasteiger partial charge is 0.348 e. The van der Waals surface area contributed by atoms with Gasteiger partial charge in [-0.2, -0.15) is 0 Å².